The molecular formula is C23H23ClN6OS2. The summed E-state index contributed by atoms with van der Waals surface area (Å²) >= 11 is 9.53. The van der Waals surface area contributed by atoms with Crippen LogP contribution in [0.1, 0.15) is 43.6 Å². The average molecular weight is 499 g/mol. The van der Waals surface area contributed by atoms with Gasteiger partial charge < -0.3 is 10.2 Å². The monoisotopic (exact) mass is 498 g/mol. The van der Waals surface area contributed by atoms with Crippen LogP contribution in [0.5, 0.6) is 0 Å². The molecule has 1 aromatic carbocycles. The van der Waals surface area contributed by atoms with Crippen molar-refractivity contribution < 1.29 is 4.79 Å². The molecule has 2 aliphatic rings. The van der Waals surface area contributed by atoms with Gasteiger partial charge in [0.05, 0.1) is 20.8 Å². The molecule has 7 nitrogen and oxygen atoms in total. The maximum Gasteiger partial charge on any atom is 0.226 e. The number of aromatic nitrogens is 4. The van der Waals surface area contributed by atoms with Crippen molar-refractivity contribution in [1.29, 1.82) is 0 Å². The van der Waals surface area contributed by atoms with E-state index in [1.54, 1.807) is 17.7 Å². The van der Waals surface area contributed by atoms with Crippen molar-refractivity contribution in [2.75, 3.05) is 11.9 Å². The number of nitrogens with zero attached hydrogens (tertiary/aromatic N) is 5. The van der Waals surface area contributed by atoms with Crippen molar-refractivity contribution in [2.24, 2.45) is 5.92 Å². The Morgan fingerprint density at radius 2 is 2.18 bits per heavy atom. The number of halogens is 1. The van der Waals surface area contributed by atoms with E-state index in [1.165, 1.54) is 22.0 Å². The molecule has 170 valence electrons. The molecule has 1 saturated heterocycles. The molecule has 1 amide bonds. The average Bonchev–Trinajstić information content (AvgIpc) is 3.49. The van der Waals surface area contributed by atoms with Crippen LogP contribution in [0, 0.1) is 5.92 Å². The van der Waals surface area contributed by atoms with Crippen LogP contribution >= 0.6 is 34.5 Å². The molecule has 1 N–H and O–H groups in total. The molecule has 1 aliphatic heterocycles. The second-order valence-corrected chi connectivity index (χ2v) is 11.7. The minimum atomic E-state index is -0.0337. The van der Waals surface area contributed by atoms with E-state index in [1.807, 2.05) is 12.1 Å². The van der Waals surface area contributed by atoms with Crippen LogP contribution < -0.4 is 5.32 Å². The van der Waals surface area contributed by atoms with Crippen LogP contribution in [0.15, 0.2) is 18.5 Å². The zero-order valence-corrected chi connectivity index (χ0v) is 20.8. The molecule has 0 bridgehead atoms. The van der Waals surface area contributed by atoms with Gasteiger partial charge in [-0.05, 0) is 75.2 Å². The molecule has 4 heterocycles. The highest BCUT2D eigenvalue weighted by molar-refractivity contribution is 7.19. The normalized spacial score (nSPS) is 19.8. The van der Waals surface area contributed by atoms with Gasteiger partial charge in [-0.2, -0.15) is 0 Å². The number of fused-ring (bicyclic) bond motifs is 4. The van der Waals surface area contributed by atoms with Crippen LogP contribution in [-0.4, -0.2) is 42.4 Å². The summed E-state index contributed by atoms with van der Waals surface area (Å²) in [5, 5.41) is 9.13. The quantitative estimate of drug-likeness (QED) is 0.396. The molecule has 33 heavy (non-hydrogen) atoms. The fourth-order valence-corrected chi connectivity index (χ4v) is 7.23. The number of thiophene rings is 1. The van der Waals surface area contributed by atoms with Gasteiger partial charge in [-0.15, -0.1) is 16.4 Å². The van der Waals surface area contributed by atoms with Gasteiger partial charge in [-0.3, -0.25) is 4.79 Å². The first kappa shape index (κ1) is 21.2. The molecule has 4 aromatic rings. The maximum absolute atomic E-state index is 13.3. The summed E-state index contributed by atoms with van der Waals surface area (Å²) in [4.78, 5) is 26.7. The molecule has 3 aromatic heterocycles. The van der Waals surface area contributed by atoms with E-state index in [2.05, 4.69) is 43.6 Å². The predicted molar refractivity (Wildman–Crippen MR) is 134 cm³/mol. The van der Waals surface area contributed by atoms with Crippen LogP contribution in [0.2, 0.25) is 5.02 Å². The first-order valence-electron chi connectivity index (χ1n) is 11.2. The number of nitrogens with one attached hydrogen (secondary N) is 1. The summed E-state index contributed by atoms with van der Waals surface area (Å²) in [6.07, 6.45) is 6.25. The fourth-order valence-electron chi connectivity index (χ4n) is 5.18. The van der Waals surface area contributed by atoms with Crippen molar-refractivity contribution in [3.05, 3.63) is 33.9 Å². The van der Waals surface area contributed by atoms with Crippen molar-refractivity contribution in [1.82, 2.24) is 24.5 Å². The summed E-state index contributed by atoms with van der Waals surface area (Å²) in [5.41, 5.74) is 2.79. The first-order chi connectivity index (χ1) is 15.9. The highest BCUT2D eigenvalue weighted by Crippen LogP contribution is 2.42. The largest absolute Gasteiger partial charge is 0.338 e. The van der Waals surface area contributed by atoms with E-state index in [0.29, 0.717) is 10.9 Å². The van der Waals surface area contributed by atoms with Crippen molar-refractivity contribution >= 4 is 72.3 Å². The molecule has 0 spiro atoms. The Kier molecular flexibility index (Phi) is 5.04. The van der Waals surface area contributed by atoms with E-state index in [-0.39, 0.29) is 11.5 Å². The third-order valence-electron chi connectivity index (χ3n) is 6.95. The van der Waals surface area contributed by atoms with Crippen LogP contribution in [0.3, 0.4) is 0 Å². The Labute approximate surface area is 204 Å². The number of hydrogen-bond acceptors (Lipinski definition) is 8. The van der Waals surface area contributed by atoms with Crippen molar-refractivity contribution in [3.8, 4) is 0 Å². The molecule has 10 heteroatoms. The summed E-state index contributed by atoms with van der Waals surface area (Å²) in [6, 6.07) is 3.78. The first-order valence-corrected chi connectivity index (χ1v) is 13.1. The number of likely N-dealkylation sites (tertiary alicyclic amines) is 1. The second-order valence-electron chi connectivity index (χ2n) is 9.45. The number of rotatable bonds is 3. The molecule has 6 rings (SSSR count). The molecule has 0 unspecified atom stereocenters. The molecule has 1 atom stereocenters. The van der Waals surface area contributed by atoms with Crippen molar-refractivity contribution in [3.63, 3.8) is 0 Å². The Bertz CT molecular complexity index is 1400. The third-order valence-corrected chi connectivity index (χ3v) is 9.11. The highest BCUT2D eigenvalue weighted by Gasteiger charge is 2.39. The second kappa shape index (κ2) is 7.85. The van der Waals surface area contributed by atoms with Gasteiger partial charge in [-0.1, -0.05) is 16.1 Å². The van der Waals surface area contributed by atoms with Gasteiger partial charge in [0, 0.05) is 22.9 Å². The van der Waals surface area contributed by atoms with Gasteiger partial charge >= 0.3 is 0 Å². The predicted octanol–water partition coefficient (Wildman–Crippen LogP) is 5.60. The number of carbonyl (C=O) groups excluding carboxylic acids is 1. The molecule has 1 fully saturated rings. The number of aryl methyl sites for hydroxylation is 1. The standard InChI is InChI=1S/C23H23ClN6OS2/c1-23(2)6-3-7-30(23)22(31)12-4-5-13-17(8-12)32-21-19(13)20(25-11-26-21)27-15-10-18-16(9-14(15)24)28-29-33-18/h9-12H,3-8H2,1-2H3,(H,25,26,27)/t12-/m0/s1. The SMILES string of the molecule is CC1(C)CCCN1C(=O)[C@H]1CCc2c(sc3ncnc(Nc4cc5snnc5cc4Cl)c23)C1. The Balaban J connectivity index is 1.32. The van der Waals surface area contributed by atoms with E-state index in [4.69, 9.17) is 11.6 Å². The van der Waals surface area contributed by atoms with E-state index in [9.17, 15) is 4.79 Å². The summed E-state index contributed by atoms with van der Waals surface area (Å²) in [7, 11) is 0. The Morgan fingerprint density at radius 3 is 3.00 bits per heavy atom. The molecular weight excluding hydrogens is 476 g/mol. The van der Waals surface area contributed by atoms with Gasteiger partial charge in [0.2, 0.25) is 5.91 Å². The number of anilines is 2. The van der Waals surface area contributed by atoms with E-state index >= 15 is 0 Å². The van der Waals surface area contributed by atoms with Crippen LogP contribution in [0.25, 0.3) is 20.4 Å². The van der Waals surface area contributed by atoms with E-state index < -0.39 is 0 Å². The third kappa shape index (κ3) is 3.57. The zero-order valence-electron chi connectivity index (χ0n) is 18.4. The van der Waals surface area contributed by atoms with Crippen molar-refractivity contribution in [2.45, 2.75) is 51.5 Å². The number of hydrogen-bond donors (Lipinski definition) is 1. The number of benzene rings is 1. The van der Waals surface area contributed by atoms with E-state index in [0.717, 1.165) is 70.6 Å². The lowest BCUT2D eigenvalue weighted by Crippen LogP contribution is -2.46. The minimum absolute atomic E-state index is 0.0337. The minimum Gasteiger partial charge on any atom is -0.338 e. The molecule has 1 aliphatic carbocycles. The van der Waals surface area contributed by atoms with Gasteiger partial charge in [0.25, 0.3) is 0 Å². The number of carbonyl (C=O) groups is 1. The summed E-state index contributed by atoms with van der Waals surface area (Å²) < 4.78 is 4.96. The van der Waals surface area contributed by atoms with Gasteiger partial charge in [0.1, 0.15) is 22.5 Å². The lowest BCUT2D eigenvalue weighted by Gasteiger charge is -2.35. The summed E-state index contributed by atoms with van der Waals surface area (Å²) in [6.45, 7) is 5.25. The lowest BCUT2D eigenvalue weighted by molar-refractivity contribution is -0.139. The topological polar surface area (TPSA) is 83.9 Å². The fraction of sp³-hybridized carbons (Fsp3) is 0.435. The lowest BCUT2D eigenvalue weighted by atomic mass is 9.86. The highest BCUT2D eigenvalue weighted by atomic mass is 35.5. The molecule has 0 saturated carbocycles. The Morgan fingerprint density at radius 1 is 1.30 bits per heavy atom. The maximum atomic E-state index is 13.3. The van der Waals surface area contributed by atoms with Gasteiger partial charge in [0.15, 0.2) is 0 Å². The van der Waals surface area contributed by atoms with Crippen LogP contribution in [0.4, 0.5) is 11.5 Å². The molecule has 0 radical (unpaired) electrons. The Hall–Kier alpha value is -2.36. The summed E-state index contributed by atoms with van der Waals surface area (Å²) in [5.74, 6) is 1.10. The number of amides is 1. The van der Waals surface area contributed by atoms with Gasteiger partial charge in [-0.25, -0.2) is 9.97 Å². The smallest absolute Gasteiger partial charge is 0.226 e. The zero-order chi connectivity index (χ0) is 22.7. The van der Waals surface area contributed by atoms with Crippen LogP contribution in [-0.2, 0) is 17.6 Å².